The van der Waals surface area contributed by atoms with E-state index < -0.39 is 0 Å². The molecule has 4 heteroatoms. The zero-order valence-corrected chi connectivity index (χ0v) is 13.1. The van der Waals surface area contributed by atoms with Crippen LogP contribution in [0.5, 0.6) is 0 Å². The van der Waals surface area contributed by atoms with Crippen LogP contribution in [0.2, 0.25) is 5.02 Å². The Balaban J connectivity index is 1.52. The van der Waals surface area contributed by atoms with Gasteiger partial charge >= 0.3 is 0 Å². The average molecular weight is 315 g/mol. The van der Waals surface area contributed by atoms with Gasteiger partial charge in [-0.3, -0.25) is 4.79 Å². The first-order chi connectivity index (χ1) is 10.7. The summed E-state index contributed by atoms with van der Waals surface area (Å²) >= 11 is 5.92. The van der Waals surface area contributed by atoms with Crippen LogP contribution in [0.1, 0.15) is 16.8 Å². The van der Waals surface area contributed by atoms with Gasteiger partial charge in [-0.15, -0.1) is 0 Å². The number of benzene rings is 2. The molecule has 0 saturated carbocycles. The molecule has 2 aromatic rings. The van der Waals surface area contributed by atoms with E-state index in [1.54, 1.807) is 24.3 Å². The molecule has 1 saturated heterocycles. The molecule has 0 unspecified atom stereocenters. The molecule has 3 nitrogen and oxygen atoms in total. The summed E-state index contributed by atoms with van der Waals surface area (Å²) in [7, 11) is 0. The van der Waals surface area contributed by atoms with Gasteiger partial charge in [0.1, 0.15) is 0 Å². The molecule has 1 aliphatic rings. The Morgan fingerprint density at radius 3 is 2.77 bits per heavy atom. The molecule has 1 heterocycles. The Labute approximate surface area is 135 Å². The van der Waals surface area contributed by atoms with Crippen molar-refractivity contribution in [1.82, 2.24) is 5.32 Å². The van der Waals surface area contributed by atoms with E-state index in [1.165, 1.54) is 5.69 Å². The van der Waals surface area contributed by atoms with E-state index in [4.69, 9.17) is 11.6 Å². The molecule has 1 atom stereocenters. The minimum Gasteiger partial charge on any atom is -0.371 e. The Morgan fingerprint density at radius 2 is 2.00 bits per heavy atom. The topological polar surface area (TPSA) is 32.3 Å². The zero-order valence-electron chi connectivity index (χ0n) is 12.3. The molecule has 114 valence electrons. The van der Waals surface area contributed by atoms with E-state index in [2.05, 4.69) is 34.5 Å². The van der Waals surface area contributed by atoms with Gasteiger partial charge in [0.05, 0.1) is 0 Å². The summed E-state index contributed by atoms with van der Waals surface area (Å²) < 4.78 is 0. The number of amides is 1. The second-order valence-corrected chi connectivity index (χ2v) is 6.09. The van der Waals surface area contributed by atoms with Crippen molar-refractivity contribution in [3.05, 3.63) is 65.2 Å². The monoisotopic (exact) mass is 314 g/mol. The first kappa shape index (κ1) is 14.9. The van der Waals surface area contributed by atoms with Gasteiger partial charge in [-0.1, -0.05) is 35.9 Å². The number of anilines is 1. The summed E-state index contributed by atoms with van der Waals surface area (Å²) in [6, 6.07) is 17.5. The molecule has 2 aromatic carbocycles. The summed E-state index contributed by atoms with van der Waals surface area (Å²) in [4.78, 5) is 14.5. The molecule has 1 fully saturated rings. The number of nitrogens with one attached hydrogen (secondary N) is 1. The molecule has 3 rings (SSSR count). The lowest BCUT2D eigenvalue weighted by molar-refractivity contribution is 0.0948. The van der Waals surface area contributed by atoms with Gasteiger partial charge < -0.3 is 10.2 Å². The van der Waals surface area contributed by atoms with Crippen molar-refractivity contribution >= 4 is 23.2 Å². The van der Waals surface area contributed by atoms with Gasteiger partial charge in [0.2, 0.25) is 0 Å². The standard InChI is InChI=1S/C18H19ClN2O/c19-16-6-4-5-15(11-16)18(22)20-12-14-9-10-21(13-14)17-7-2-1-3-8-17/h1-8,11,14H,9-10,12-13H2,(H,20,22)/t14-/m1/s1. The largest absolute Gasteiger partial charge is 0.371 e. The quantitative estimate of drug-likeness (QED) is 0.935. The van der Waals surface area contributed by atoms with Crippen LogP contribution in [-0.2, 0) is 0 Å². The molecule has 1 N–H and O–H groups in total. The summed E-state index contributed by atoms with van der Waals surface area (Å²) in [5.41, 5.74) is 1.87. The molecule has 1 aliphatic heterocycles. The van der Waals surface area contributed by atoms with Crippen LogP contribution >= 0.6 is 11.6 Å². The molecule has 0 aromatic heterocycles. The Morgan fingerprint density at radius 1 is 1.18 bits per heavy atom. The van der Waals surface area contributed by atoms with E-state index in [-0.39, 0.29) is 5.91 Å². The Bertz CT molecular complexity index is 645. The number of carbonyl (C=O) groups excluding carboxylic acids is 1. The third-order valence-electron chi connectivity index (χ3n) is 4.05. The van der Waals surface area contributed by atoms with Crippen molar-refractivity contribution in [2.45, 2.75) is 6.42 Å². The van der Waals surface area contributed by atoms with Gasteiger partial charge in [0.25, 0.3) is 5.91 Å². The highest BCUT2D eigenvalue weighted by Crippen LogP contribution is 2.23. The molecule has 1 amide bonds. The van der Waals surface area contributed by atoms with E-state index in [0.717, 1.165) is 19.5 Å². The van der Waals surface area contributed by atoms with Crippen molar-refractivity contribution < 1.29 is 4.79 Å². The van der Waals surface area contributed by atoms with E-state index in [9.17, 15) is 4.79 Å². The molecule has 22 heavy (non-hydrogen) atoms. The maximum absolute atomic E-state index is 12.1. The van der Waals surface area contributed by atoms with Crippen LogP contribution < -0.4 is 10.2 Å². The van der Waals surface area contributed by atoms with Crippen LogP contribution in [0.4, 0.5) is 5.69 Å². The molecule has 0 bridgehead atoms. The zero-order chi connectivity index (χ0) is 15.4. The summed E-state index contributed by atoms with van der Waals surface area (Å²) in [6.07, 6.45) is 1.10. The number of hydrogen-bond acceptors (Lipinski definition) is 2. The summed E-state index contributed by atoms with van der Waals surface area (Å²) in [6.45, 7) is 2.73. The lowest BCUT2D eigenvalue weighted by atomic mass is 10.1. The third-order valence-corrected chi connectivity index (χ3v) is 4.28. The number of rotatable bonds is 4. The van der Waals surface area contributed by atoms with E-state index in [0.29, 0.717) is 23.0 Å². The highest BCUT2D eigenvalue weighted by molar-refractivity contribution is 6.30. The van der Waals surface area contributed by atoms with Gasteiger partial charge in [-0.25, -0.2) is 0 Å². The second-order valence-electron chi connectivity index (χ2n) is 5.66. The summed E-state index contributed by atoms with van der Waals surface area (Å²) in [5.74, 6) is 0.434. The molecular formula is C18H19ClN2O. The minimum absolute atomic E-state index is 0.0549. The maximum atomic E-state index is 12.1. The predicted molar refractivity (Wildman–Crippen MR) is 90.5 cm³/mol. The maximum Gasteiger partial charge on any atom is 0.251 e. The van der Waals surface area contributed by atoms with Crippen molar-refractivity contribution in [3.8, 4) is 0 Å². The number of nitrogens with zero attached hydrogens (tertiary/aromatic N) is 1. The smallest absolute Gasteiger partial charge is 0.251 e. The average Bonchev–Trinajstić information content (AvgIpc) is 3.02. The van der Waals surface area contributed by atoms with Crippen LogP contribution in [0.25, 0.3) is 0 Å². The van der Waals surface area contributed by atoms with Crippen LogP contribution in [0, 0.1) is 5.92 Å². The van der Waals surface area contributed by atoms with Crippen LogP contribution in [0.15, 0.2) is 54.6 Å². The SMILES string of the molecule is O=C(NC[C@H]1CCN(c2ccccc2)C1)c1cccc(Cl)c1. The van der Waals surface area contributed by atoms with Crippen molar-refractivity contribution in [2.75, 3.05) is 24.5 Å². The first-order valence-corrected chi connectivity index (χ1v) is 7.94. The van der Waals surface area contributed by atoms with Crippen molar-refractivity contribution in [1.29, 1.82) is 0 Å². The third kappa shape index (κ3) is 3.60. The highest BCUT2D eigenvalue weighted by atomic mass is 35.5. The molecule has 0 aliphatic carbocycles. The normalized spacial score (nSPS) is 17.5. The Kier molecular flexibility index (Phi) is 4.64. The highest BCUT2D eigenvalue weighted by Gasteiger charge is 2.23. The fraction of sp³-hybridized carbons (Fsp3) is 0.278. The van der Waals surface area contributed by atoms with Gasteiger partial charge in [-0.2, -0.15) is 0 Å². The van der Waals surface area contributed by atoms with E-state index >= 15 is 0 Å². The van der Waals surface area contributed by atoms with Crippen molar-refractivity contribution in [2.24, 2.45) is 5.92 Å². The molecule has 0 spiro atoms. The second kappa shape index (κ2) is 6.84. The molecular weight excluding hydrogens is 296 g/mol. The fourth-order valence-electron chi connectivity index (χ4n) is 2.84. The number of hydrogen-bond donors (Lipinski definition) is 1. The lowest BCUT2D eigenvalue weighted by Gasteiger charge is -2.18. The fourth-order valence-corrected chi connectivity index (χ4v) is 3.03. The van der Waals surface area contributed by atoms with Gasteiger partial charge in [-0.05, 0) is 42.7 Å². The lowest BCUT2D eigenvalue weighted by Crippen LogP contribution is -2.31. The van der Waals surface area contributed by atoms with E-state index in [1.807, 2.05) is 6.07 Å². The predicted octanol–water partition coefficient (Wildman–Crippen LogP) is 3.60. The number of carbonyl (C=O) groups is 1. The van der Waals surface area contributed by atoms with Crippen LogP contribution in [0.3, 0.4) is 0 Å². The van der Waals surface area contributed by atoms with Crippen molar-refractivity contribution in [3.63, 3.8) is 0 Å². The minimum atomic E-state index is -0.0549. The Hall–Kier alpha value is -2.00. The summed E-state index contributed by atoms with van der Waals surface area (Å²) in [5, 5.41) is 3.60. The van der Waals surface area contributed by atoms with Gasteiger partial charge in [0, 0.05) is 35.9 Å². The van der Waals surface area contributed by atoms with Crippen LogP contribution in [-0.4, -0.2) is 25.5 Å². The number of halogens is 1. The van der Waals surface area contributed by atoms with Gasteiger partial charge in [0.15, 0.2) is 0 Å². The molecule has 0 radical (unpaired) electrons. The number of para-hydroxylation sites is 1. The first-order valence-electron chi connectivity index (χ1n) is 7.56.